The highest BCUT2D eigenvalue weighted by Crippen LogP contribution is 2.36. The largest absolute Gasteiger partial charge is 0.493 e. The summed E-state index contributed by atoms with van der Waals surface area (Å²) in [7, 11) is 1.43. The highest BCUT2D eigenvalue weighted by molar-refractivity contribution is 8.18. The van der Waals surface area contributed by atoms with Crippen LogP contribution >= 0.6 is 23.4 Å². The van der Waals surface area contributed by atoms with E-state index in [0.717, 1.165) is 16.7 Å². The number of carbonyl (C=O) groups excluding carboxylic acids is 2. The molecular weight excluding hydrogens is 430 g/mol. The number of hydrogen-bond donors (Lipinski definition) is 1. The molecule has 2 aromatic rings. The lowest BCUT2D eigenvalue weighted by atomic mass is 10.1. The number of amides is 2. The van der Waals surface area contributed by atoms with E-state index in [1.165, 1.54) is 14.0 Å². The van der Waals surface area contributed by atoms with Crippen LogP contribution < -0.4 is 9.47 Å². The first kappa shape index (κ1) is 21.7. The molecule has 2 amide bonds. The number of benzene rings is 2. The molecule has 1 atom stereocenters. The van der Waals surface area contributed by atoms with Crippen molar-refractivity contribution in [2.45, 2.75) is 19.6 Å². The minimum absolute atomic E-state index is 0.0882. The molecular formula is C21H18ClNO6S. The first-order chi connectivity index (χ1) is 14.3. The zero-order valence-electron chi connectivity index (χ0n) is 16.1. The minimum atomic E-state index is -1.10. The fourth-order valence-corrected chi connectivity index (χ4v) is 3.73. The van der Waals surface area contributed by atoms with E-state index in [1.54, 1.807) is 48.5 Å². The molecule has 0 aliphatic carbocycles. The summed E-state index contributed by atoms with van der Waals surface area (Å²) in [4.78, 5) is 37.5. The second-order valence-electron chi connectivity index (χ2n) is 6.37. The van der Waals surface area contributed by atoms with Gasteiger partial charge in [0.05, 0.1) is 18.6 Å². The highest BCUT2D eigenvalue weighted by Gasteiger charge is 2.35. The summed E-state index contributed by atoms with van der Waals surface area (Å²) in [6.07, 6.45) is 0.524. The smallest absolute Gasteiger partial charge is 0.344 e. The number of carboxylic acid groups (broad SMARTS) is 1. The Hall–Kier alpha value is -2.97. The number of imide groups is 1. The zero-order chi connectivity index (χ0) is 21.8. The maximum absolute atomic E-state index is 12.7. The Bertz CT molecular complexity index is 1040. The Balaban J connectivity index is 1.81. The summed E-state index contributed by atoms with van der Waals surface area (Å²) in [6, 6.07) is 11.8. The number of ether oxygens (including phenoxy) is 2. The van der Waals surface area contributed by atoms with Gasteiger partial charge < -0.3 is 14.6 Å². The normalized spacial score (nSPS) is 16.1. The van der Waals surface area contributed by atoms with Gasteiger partial charge in [-0.2, -0.15) is 0 Å². The monoisotopic (exact) mass is 447 g/mol. The molecule has 1 heterocycles. The van der Waals surface area contributed by atoms with Crippen LogP contribution in [-0.4, -0.2) is 40.3 Å². The molecule has 0 aromatic heterocycles. The predicted molar refractivity (Wildman–Crippen MR) is 114 cm³/mol. The molecule has 7 nitrogen and oxygen atoms in total. The van der Waals surface area contributed by atoms with Gasteiger partial charge in [0.15, 0.2) is 17.6 Å². The molecule has 156 valence electrons. The van der Waals surface area contributed by atoms with Crippen molar-refractivity contribution in [1.29, 1.82) is 0 Å². The molecule has 1 N–H and O–H groups in total. The first-order valence-electron chi connectivity index (χ1n) is 8.86. The topological polar surface area (TPSA) is 93.1 Å². The van der Waals surface area contributed by atoms with Gasteiger partial charge in [-0.15, -0.1) is 0 Å². The molecule has 9 heteroatoms. The Morgan fingerprint density at radius 2 is 1.97 bits per heavy atom. The standard InChI is InChI=1S/C21H18ClNO6S/c1-12(20(25)26)29-16-8-7-13(9-17(16)28-2)10-18-19(24)23(21(27)30-18)11-14-5-3-4-6-15(14)22/h3-10,12H,11H2,1-2H3,(H,25,26)/b18-10+/t12-/m0/s1. The van der Waals surface area contributed by atoms with Crippen LogP contribution in [-0.2, 0) is 16.1 Å². The van der Waals surface area contributed by atoms with Gasteiger partial charge >= 0.3 is 5.97 Å². The maximum atomic E-state index is 12.7. The molecule has 1 aliphatic rings. The van der Waals surface area contributed by atoms with E-state index in [2.05, 4.69) is 0 Å². The van der Waals surface area contributed by atoms with Crippen LogP contribution in [0.25, 0.3) is 6.08 Å². The predicted octanol–water partition coefficient (Wildman–Crippen LogP) is 4.44. The second-order valence-corrected chi connectivity index (χ2v) is 7.77. The molecule has 0 saturated carbocycles. The number of rotatable bonds is 7. The molecule has 30 heavy (non-hydrogen) atoms. The van der Waals surface area contributed by atoms with Crippen molar-refractivity contribution in [2.24, 2.45) is 0 Å². The van der Waals surface area contributed by atoms with Gasteiger partial charge in [-0.3, -0.25) is 14.5 Å². The van der Waals surface area contributed by atoms with Crippen LogP contribution in [0.5, 0.6) is 11.5 Å². The van der Waals surface area contributed by atoms with Crippen molar-refractivity contribution in [1.82, 2.24) is 4.90 Å². The maximum Gasteiger partial charge on any atom is 0.344 e. The van der Waals surface area contributed by atoms with Crippen LogP contribution in [0.1, 0.15) is 18.1 Å². The van der Waals surface area contributed by atoms with E-state index in [4.69, 9.17) is 26.2 Å². The SMILES string of the molecule is COc1cc(/C=C2/SC(=O)N(Cc3ccccc3Cl)C2=O)ccc1O[C@@H](C)C(=O)O. The summed E-state index contributed by atoms with van der Waals surface area (Å²) >= 11 is 6.97. The molecule has 0 radical (unpaired) electrons. The molecule has 0 unspecified atom stereocenters. The van der Waals surface area contributed by atoms with E-state index < -0.39 is 18.0 Å². The first-order valence-corrected chi connectivity index (χ1v) is 10.1. The number of carboxylic acids is 1. The summed E-state index contributed by atoms with van der Waals surface area (Å²) in [5, 5.41) is 9.09. The number of aliphatic carboxylic acids is 1. The van der Waals surface area contributed by atoms with Crippen molar-refractivity contribution in [3.63, 3.8) is 0 Å². The molecule has 0 spiro atoms. The molecule has 3 rings (SSSR count). The van der Waals surface area contributed by atoms with E-state index in [0.29, 0.717) is 21.9 Å². The number of nitrogens with zero attached hydrogens (tertiary/aromatic N) is 1. The summed E-state index contributed by atoms with van der Waals surface area (Å²) in [5.74, 6) is -0.944. The van der Waals surface area contributed by atoms with E-state index in [-0.39, 0.29) is 22.4 Å². The molecule has 0 bridgehead atoms. The quantitative estimate of drug-likeness (QED) is 0.627. The van der Waals surface area contributed by atoms with E-state index >= 15 is 0 Å². The van der Waals surface area contributed by atoms with Gasteiger partial charge in [-0.25, -0.2) is 4.79 Å². The lowest BCUT2D eigenvalue weighted by Crippen LogP contribution is -2.27. The van der Waals surface area contributed by atoms with E-state index in [1.807, 2.05) is 0 Å². The van der Waals surface area contributed by atoms with Crippen LogP contribution in [0.2, 0.25) is 5.02 Å². The third kappa shape index (κ3) is 4.77. The van der Waals surface area contributed by atoms with Crippen molar-refractivity contribution < 1.29 is 29.0 Å². The van der Waals surface area contributed by atoms with Gasteiger partial charge in [0.2, 0.25) is 0 Å². The van der Waals surface area contributed by atoms with Gasteiger partial charge in [-0.05, 0) is 54.1 Å². The van der Waals surface area contributed by atoms with Crippen molar-refractivity contribution in [3.8, 4) is 11.5 Å². The number of hydrogen-bond acceptors (Lipinski definition) is 6. The van der Waals surface area contributed by atoms with Crippen LogP contribution in [0.15, 0.2) is 47.4 Å². The average molecular weight is 448 g/mol. The van der Waals surface area contributed by atoms with E-state index in [9.17, 15) is 14.4 Å². The molecule has 1 aliphatic heterocycles. The van der Waals surface area contributed by atoms with Crippen LogP contribution in [0.3, 0.4) is 0 Å². The fourth-order valence-electron chi connectivity index (χ4n) is 2.70. The van der Waals surface area contributed by atoms with Crippen molar-refractivity contribution in [2.75, 3.05) is 7.11 Å². The van der Waals surface area contributed by atoms with Gasteiger partial charge in [0.25, 0.3) is 11.1 Å². The minimum Gasteiger partial charge on any atom is -0.493 e. The number of methoxy groups -OCH3 is 1. The second kappa shape index (κ2) is 9.23. The van der Waals surface area contributed by atoms with Crippen molar-refractivity contribution in [3.05, 3.63) is 63.5 Å². The number of carbonyl (C=O) groups is 3. The number of halogens is 1. The van der Waals surface area contributed by atoms with Crippen molar-refractivity contribution >= 4 is 46.6 Å². The Kier molecular flexibility index (Phi) is 6.69. The lowest BCUT2D eigenvalue weighted by Gasteiger charge is -2.14. The summed E-state index contributed by atoms with van der Waals surface area (Å²) < 4.78 is 10.6. The van der Waals surface area contributed by atoms with Crippen LogP contribution in [0.4, 0.5) is 4.79 Å². The Morgan fingerprint density at radius 1 is 1.23 bits per heavy atom. The number of thioether (sulfide) groups is 1. The zero-order valence-corrected chi connectivity index (χ0v) is 17.7. The van der Waals surface area contributed by atoms with Gasteiger partial charge in [-0.1, -0.05) is 35.9 Å². The van der Waals surface area contributed by atoms with Gasteiger partial charge in [0, 0.05) is 5.02 Å². The lowest BCUT2D eigenvalue weighted by molar-refractivity contribution is -0.144. The molecule has 1 fully saturated rings. The summed E-state index contributed by atoms with van der Waals surface area (Å²) in [6.45, 7) is 1.50. The Labute approximate surface area is 182 Å². The van der Waals surface area contributed by atoms with Gasteiger partial charge in [0.1, 0.15) is 0 Å². The Morgan fingerprint density at radius 3 is 2.63 bits per heavy atom. The summed E-state index contributed by atoms with van der Waals surface area (Å²) in [5.41, 5.74) is 1.28. The average Bonchev–Trinajstić information content (AvgIpc) is 2.97. The third-order valence-corrected chi connectivity index (χ3v) is 5.57. The third-order valence-electron chi connectivity index (χ3n) is 4.30. The molecule has 1 saturated heterocycles. The van der Waals surface area contributed by atoms with Crippen LogP contribution in [0, 0.1) is 0 Å². The molecule has 2 aromatic carbocycles. The highest BCUT2D eigenvalue weighted by atomic mass is 35.5. The fraction of sp³-hybridized carbons (Fsp3) is 0.190.